The Labute approximate surface area is 121 Å². The molecule has 7 heteroatoms. The summed E-state index contributed by atoms with van der Waals surface area (Å²) >= 11 is 0. The number of aromatic carboxylic acids is 1. The van der Waals surface area contributed by atoms with Crippen molar-refractivity contribution in [1.29, 1.82) is 0 Å². The quantitative estimate of drug-likeness (QED) is 0.763. The summed E-state index contributed by atoms with van der Waals surface area (Å²) in [6, 6.07) is 4.51. The number of nitrogens with zero attached hydrogens (tertiary/aromatic N) is 2. The van der Waals surface area contributed by atoms with Crippen molar-refractivity contribution in [2.24, 2.45) is 5.73 Å². The number of nitrogens with two attached hydrogens (primary N) is 1. The molecule has 0 aliphatic carbocycles. The molecule has 1 aromatic heterocycles. The lowest BCUT2D eigenvalue weighted by Gasteiger charge is -2.07. The van der Waals surface area contributed by atoms with Crippen LogP contribution in [0.15, 0.2) is 30.7 Å². The number of nitrogens with one attached hydrogen (secondary N) is 1. The summed E-state index contributed by atoms with van der Waals surface area (Å²) < 4.78 is 1.73. The summed E-state index contributed by atoms with van der Waals surface area (Å²) in [5.74, 6) is -1.35. The highest BCUT2D eigenvalue weighted by atomic mass is 16.4. The molecule has 0 aliphatic heterocycles. The van der Waals surface area contributed by atoms with Crippen molar-refractivity contribution in [3.05, 3.63) is 47.5 Å². The molecule has 0 bridgehead atoms. The van der Waals surface area contributed by atoms with Crippen LogP contribution in [0.5, 0.6) is 0 Å². The van der Waals surface area contributed by atoms with E-state index in [4.69, 9.17) is 10.8 Å². The smallest absolute Gasteiger partial charge is 0.335 e. The SMILES string of the molecule is Cc1cc(C(=O)O)ccc1NC(=O)c1cn(CCN)cn1. The van der Waals surface area contributed by atoms with Crippen LogP contribution in [0, 0.1) is 6.92 Å². The lowest BCUT2D eigenvalue weighted by Crippen LogP contribution is -2.14. The molecule has 2 aromatic rings. The Kier molecular flexibility index (Phi) is 4.34. The van der Waals surface area contributed by atoms with Crippen LogP contribution in [0.1, 0.15) is 26.4 Å². The Hall–Kier alpha value is -2.67. The first-order valence-electron chi connectivity index (χ1n) is 6.38. The van der Waals surface area contributed by atoms with Crippen LogP contribution in [0.25, 0.3) is 0 Å². The number of amides is 1. The predicted octanol–water partition coefficient (Wildman–Crippen LogP) is 1.10. The molecule has 21 heavy (non-hydrogen) atoms. The van der Waals surface area contributed by atoms with Crippen LogP contribution in [-0.2, 0) is 6.54 Å². The van der Waals surface area contributed by atoms with Gasteiger partial charge in [0.2, 0.25) is 0 Å². The van der Waals surface area contributed by atoms with Gasteiger partial charge in [-0.1, -0.05) is 0 Å². The number of hydrogen-bond acceptors (Lipinski definition) is 4. The van der Waals surface area contributed by atoms with Crippen LogP contribution >= 0.6 is 0 Å². The van der Waals surface area contributed by atoms with Crippen LogP contribution in [-0.4, -0.2) is 33.1 Å². The summed E-state index contributed by atoms with van der Waals surface area (Å²) in [6.45, 7) is 2.79. The lowest BCUT2D eigenvalue weighted by molar-refractivity contribution is 0.0696. The van der Waals surface area contributed by atoms with Gasteiger partial charge in [0.25, 0.3) is 5.91 Å². The number of carbonyl (C=O) groups excluding carboxylic acids is 1. The van der Waals surface area contributed by atoms with E-state index >= 15 is 0 Å². The van der Waals surface area contributed by atoms with E-state index in [-0.39, 0.29) is 17.2 Å². The van der Waals surface area contributed by atoms with Gasteiger partial charge in [-0.2, -0.15) is 0 Å². The van der Waals surface area contributed by atoms with E-state index in [0.29, 0.717) is 24.3 Å². The zero-order chi connectivity index (χ0) is 15.4. The predicted molar refractivity (Wildman–Crippen MR) is 77.4 cm³/mol. The largest absolute Gasteiger partial charge is 0.478 e. The Morgan fingerprint density at radius 3 is 2.81 bits per heavy atom. The molecular weight excluding hydrogens is 272 g/mol. The first-order valence-corrected chi connectivity index (χ1v) is 6.38. The van der Waals surface area contributed by atoms with Gasteiger partial charge in [0.05, 0.1) is 11.9 Å². The Bertz CT molecular complexity index is 679. The van der Waals surface area contributed by atoms with Gasteiger partial charge in [-0.05, 0) is 30.7 Å². The number of aromatic nitrogens is 2. The number of imidazole rings is 1. The molecule has 1 heterocycles. The van der Waals surface area contributed by atoms with Gasteiger partial charge in [0.1, 0.15) is 5.69 Å². The molecule has 0 radical (unpaired) electrons. The van der Waals surface area contributed by atoms with E-state index in [0.717, 1.165) is 0 Å². The van der Waals surface area contributed by atoms with E-state index in [1.54, 1.807) is 30.1 Å². The van der Waals surface area contributed by atoms with Crippen molar-refractivity contribution < 1.29 is 14.7 Å². The van der Waals surface area contributed by atoms with Crippen LogP contribution < -0.4 is 11.1 Å². The number of aryl methyl sites for hydroxylation is 1. The summed E-state index contributed by atoms with van der Waals surface area (Å²) in [7, 11) is 0. The van der Waals surface area contributed by atoms with E-state index in [1.807, 2.05) is 0 Å². The van der Waals surface area contributed by atoms with Crippen molar-refractivity contribution in [2.75, 3.05) is 11.9 Å². The topological polar surface area (TPSA) is 110 Å². The van der Waals surface area contributed by atoms with Crippen LogP contribution in [0.4, 0.5) is 5.69 Å². The average molecular weight is 288 g/mol. The Balaban J connectivity index is 2.13. The average Bonchev–Trinajstić information content (AvgIpc) is 2.90. The minimum atomic E-state index is -1.00. The molecule has 0 atom stereocenters. The van der Waals surface area contributed by atoms with E-state index < -0.39 is 5.97 Å². The molecule has 4 N–H and O–H groups in total. The number of carboxylic acids is 1. The molecule has 0 spiro atoms. The molecule has 2 rings (SSSR count). The molecule has 110 valence electrons. The molecule has 0 fully saturated rings. The highest BCUT2D eigenvalue weighted by Crippen LogP contribution is 2.17. The van der Waals surface area contributed by atoms with Crippen molar-refractivity contribution in [3.8, 4) is 0 Å². The fraction of sp³-hybridized carbons (Fsp3) is 0.214. The van der Waals surface area contributed by atoms with Gasteiger partial charge in [0.15, 0.2) is 0 Å². The second-order valence-corrected chi connectivity index (χ2v) is 4.57. The Morgan fingerprint density at radius 1 is 1.43 bits per heavy atom. The number of carbonyl (C=O) groups is 2. The van der Waals surface area contributed by atoms with Crippen molar-refractivity contribution >= 4 is 17.6 Å². The first kappa shape index (κ1) is 14.7. The number of hydrogen-bond donors (Lipinski definition) is 3. The molecule has 0 unspecified atom stereocenters. The minimum Gasteiger partial charge on any atom is -0.478 e. The van der Waals surface area contributed by atoms with E-state index in [2.05, 4.69) is 10.3 Å². The third kappa shape index (κ3) is 3.46. The summed E-state index contributed by atoms with van der Waals surface area (Å²) in [6.07, 6.45) is 3.16. The van der Waals surface area contributed by atoms with E-state index in [9.17, 15) is 9.59 Å². The number of benzene rings is 1. The highest BCUT2D eigenvalue weighted by molar-refractivity contribution is 6.03. The fourth-order valence-electron chi connectivity index (χ4n) is 1.87. The molecule has 1 amide bonds. The molecule has 7 nitrogen and oxygen atoms in total. The van der Waals surface area contributed by atoms with Crippen molar-refractivity contribution in [1.82, 2.24) is 9.55 Å². The Morgan fingerprint density at radius 2 is 2.19 bits per heavy atom. The monoisotopic (exact) mass is 288 g/mol. The molecule has 1 aromatic carbocycles. The molecule has 0 saturated heterocycles. The summed E-state index contributed by atoms with van der Waals surface area (Å²) in [5, 5.41) is 11.6. The first-order chi connectivity index (χ1) is 10.0. The maximum atomic E-state index is 12.1. The maximum Gasteiger partial charge on any atom is 0.335 e. The van der Waals surface area contributed by atoms with Crippen LogP contribution in [0.2, 0.25) is 0 Å². The normalized spacial score (nSPS) is 10.4. The van der Waals surface area contributed by atoms with Gasteiger partial charge in [-0.15, -0.1) is 0 Å². The molecule has 0 saturated carbocycles. The fourth-order valence-corrected chi connectivity index (χ4v) is 1.87. The number of rotatable bonds is 5. The third-order valence-corrected chi connectivity index (χ3v) is 2.97. The van der Waals surface area contributed by atoms with E-state index in [1.165, 1.54) is 12.1 Å². The second kappa shape index (κ2) is 6.19. The zero-order valence-corrected chi connectivity index (χ0v) is 11.5. The van der Waals surface area contributed by atoms with Gasteiger partial charge in [-0.25, -0.2) is 9.78 Å². The lowest BCUT2D eigenvalue weighted by atomic mass is 10.1. The maximum absolute atomic E-state index is 12.1. The van der Waals surface area contributed by atoms with Crippen molar-refractivity contribution in [2.45, 2.75) is 13.5 Å². The molecule has 0 aliphatic rings. The zero-order valence-electron chi connectivity index (χ0n) is 11.5. The van der Waals surface area contributed by atoms with Gasteiger partial charge >= 0.3 is 5.97 Å². The molecular formula is C14H16N4O3. The number of anilines is 1. The van der Waals surface area contributed by atoms with Gasteiger partial charge < -0.3 is 20.7 Å². The summed E-state index contributed by atoms with van der Waals surface area (Å²) in [4.78, 5) is 26.9. The van der Waals surface area contributed by atoms with Gasteiger partial charge in [-0.3, -0.25) is 4.79 Å². The summed E-state index contributed by atoms with van der Waals surface area (Å²) in [5.41, 5.74) is 7.12. The van der Waals surface area contributed by atoms with Crippen LogP contribution in [0.3, 0.4) is 0 Å². The second-order valence-electron chi connectivity index (χ2n) is 4.57. The minimum absolute atomic E-state index is 0.178. The van der Waals surface area contributed by atoms with Gasteiger partial charge in [0, 0.05) is 25.0 Å². The standard InChI is InChI=1S/C14H16N4O3/c1-9-6-10(14(20)21)2-3-11(9)17-13(19)12-7-18(5-4-15)8-16-12/h2-3,6-8H,4-5,15H2,1H3,(H,17,19)(H,20,21). The number of carboxylic acid groups (broad SMARTS) is 1. The van der Waals surface area contributed by atoms with Crippen molar-refractivity contribution in [3.63, 3.8) is 0 Å². The highest BCUT2D eigenvalue weighted by Gasteiger charge is 2.12. The third-order valence-electron chi connectivity index (χ3n) is 2.97.